The molecule has 0 saturated heterocycles. The Balaban J connectivity index is 2.12. The Kier molecular flexibility index (Phi) is 6.10. The van der Waals surface area contributed by atoms with Gasteiger partial charge >= 0.3 is 0 Å². The first-order valence-corrected chi connectivity index (χ1v) is 6.61. The third-order valence-corrected chi connectivity index (χ3v) is 2.85. The normalized spacial score (nSPS) is 11.5. The number of ether oxygens (including phenoxy) is 1. The molecule has 0 spiro atoms. The maximum atomic E-state index is 5.68. The summed E-state index contributed by atoms with van der Waals surface area (Å²) in [5.41, 5.74) is 2.38. The second-order valence-electron chi connectivity index (χ2n) is 5.72. The van der Waals surface area contributed by atoms with Gasteiger partial charge in [-0.3, -0.25) is 0 Å². The summed E-state index contributed by atoms with van der Waals surface area (Å²) in [5.74, 6) is 0. The summed E-state index contributed by atoms with van der Waals surface area (Å²) in [6.45, 7) is 6.51. The molecule has 0 radical (unpaired) electrons. The Morgan fingerprint density at radius 1 is 1.11 bits per heavy atom. The molecule has 0 saturated carbocycles. The molecule has 0 aliphatic rings. The van der Waals surface area contributed by atoms with Gasteiger partial charge in [-0.15, -0.1) is 0 Å². The number of hydrogen-bond donors (Lipinski definition) is 0. The zero-order valence-corrected chi connectivity index (χ0v) is 12.0. The predicted molar refractivity (Wildman–Crippen MR) is 78.3 cm³/mol. The van der Waals surface area contributed by atoms with Crippen LogP contribution in [0, 0.1) is 0 Å². The molecule has 18 heavy (non-hydrogen) atoms. The van der Waals surface area contributed by atoms with Gasteiger partial charge in [-0.2, -0.15) is 0 Å². The lowest BCUT2D eigenvalue weighted by atomic mass is 10.1. The minimum Gasteiger partial charge on any atom is -0.377 e. The van der Waals surface area contributed by atoms with E-state index in [4.69, 9.17) is 4.74 Å². The van der Waals surface area contributed by atoms with Gasteiger partial charge in [-0.1, -0.05) is 36.9 Å². The van der Waals surface area contributed by atoms with Crippen LogP contribution in [0.1, 0.15) is 24.0 Å². The third-order valence-electron chi connectivity index (χ3n) is 2.85. The summed E-state index contributed by atoms with van der Waals surface area (Å²) in [7, 11) is 6.67. The van der Waals surface area contributed by atoms with E-state index < -0.39 is 0 Å². The van der Waals surface area contributed by atoms with Crippen LogP contribution < -0.4 is 0 Å². The Labute approximate surface area is 111 Å². The SMILES string of the molecule is C=Cc1ccc(COCCCC[N+](C)(C)C)cc1. The zero-order chi connectivity index (χ0) is 13.4. The van der Waals surface area contributed by atoms with Gasteiger partial charge in [0.15, 0.2) is 0 Å². The lowest BCUT2D eigenvalue weighted by Gasteiger charge is -2.23. The molecule has 0 aliphatic heterocycles. The van der Waals surface area contributed by atoms with Gasteiger partial charge in [-0.05, 0) is 24.0 Å². The van der Waals surface area contributed by atoms with Crippen LogP contribution in [0.2, 0.25) is 0 Å². The van der Waals surface area contributed by atoms with E-state index in [-0.39, 0.29) is 0 Å². The number of rotatable bonds is 8. The molecule has 0 fully saturated rings. The largest absolute Gasteiger partial charge is 0.377 e. The lowest BCUT2D eigenvalue weighted by Crippen LogP contribution is -2.35. The van der Waals surface area contributed by atoms with Crippen LogP contribution in [0.5, 0.6) is 0 Å². The number of benzene rings is 1. The monoisotopic (exact) mass is 248 g/mol. The maximum Gasteiger partial charge on any atom is 0.0781 e. The van der Waals surface area contributed by atoms with Crippen molar-refractivity contribution >= 4 is 6.08 Å². The van der Waals surface area contributed by atoms with E-state index in [2.05, 4.69) is 52.0 Å². The van der Waals surface area contributed by atoms with Crippen LogP contribution in [0.25, 0.3) is 6.08 Å². The first-order valence-electron chi connectivity index (χ1n) is 6.61. The van der Waals surface area contributed by atoms with Crippen LogP contribution >= 0.6 is 0 Å². The molecule has 2 nitrogen and oxygen atoms in total. The van der Waals surface area contributed by atoms with Gasteiger partial charge in [-0.25, -0.2) is 0 Å². The van der Waals surface area contributed by atoms with Crippen LogP contribution in [0.15, 0.2) is 30.8 Å². The molecular formula is C16H26NO+. The quantitative estimate of drug-likeness (QED) is 0.506. The number of unbranched alkanes of at least 4 members (excludes halogenated alkanes) is 1. The predicted octanol–water partition coefficient (Wildman–Crippen LogP) is 3.33. The molecule has 0 aromatic heterocycles. The fraction of sp³-hybridized carbons (Fsp3) is 0.500. The molecule has 0 bridgehead atoms. The Morgan fingerprint density at radius 3 is 2.33 bits per heavy atom. The highest BCUT2D eigenvalue weighted by Gasteiger charge is 2.05. The minimum absolute atomic E-state index is 0.710. The summed E-state index contributed by atoms with van der Waals surface area (Å²) in [4.78, 5) is 0. The molecule has 0 atom stereocenters. The molecule has 0 unspecified atom stereocenters. The average molecular weight is 248 g/mol. The summed E-state index contributed by atoms with van der Waals surface area (Å²) < 4.78 is 6.71. The topological polar surface area (TPSA) is 9.23 Å². The van der Waals surface area contributed by atoms with Crippen molar-refractivity contribution in [3.05, 3.63) is 42.0 Å². The standard InChI is InChI=1S/C16H26NO/c1-5-15-8-10-16(11-9-15)14-18-13-7-6-12-17(2,3)4/h5,8-11H,1,6-7,12-14H2,2-4H3/q+1. The van der Waals surface area contributed by atoms with E-state index in [0.29, 0.717) is 6.61 Å². The highest BCUT2D eigenvalue weighted by Crippen LogP contribution is 2.07. The first-order chi connectivity index (χ1) is 8.51. The van der Waals surface area contributed by atoms with Crippen molar-refractivity contribution in [2.24, 2.45) is 0 Å². The van der Waals surface area contributed by atoms with Gasteiger partial charge in [0.1, 0.15) is 0 Å². The van der Waals surface area contributed by atoms with Gasteiger partial charge in [0, 0.05) is 6.61 Å². The van der Waals surface area contributed by atoms with Crippen LogP contribution in [-0.2, 0) is 11.3 Å². The molecule has 0 amide bonds. The van der Waals surface area contributed by atoms with Crippen molar-refractivity contribution in [3.8, 4) is 0 Å². The number of nitrogens with zero attached hydrogens (tertiary/aromatic N) is 1. The average Bonchev–Trinajstić information content (AvgIpc) is 2.33. The first kappa shape index (κ1) is 14.9. The van der Waals surface area contributed by atoms with E-state index in [1.54, 1.807) is 0 Å². The molecule has 0 N–H and O–H groups in total. The van der Waals surface area contributed by atoms with E-state index >= 15 is 0 Å². The molecule has 0 heterocycles. The van der Waals surface area contributed by atoms with Gasteiger partial charge < -0.3 is 9.22 Å². The van der Waals surface area contributed by atoms with Crippen molar-refractivity contribution < 1.29 is 9.22 Å². The minimum atomic E-state index is 0.710. The lowest BCUT2D eigenvalue weighted by molar-refractivity contribution is -0.870. The highest BCUT2D eigenvalue weighted by molar-refractivity contribution is 5.47. The van der Waals surface area contributed by atoms with E-state index in [1.807, 2.05) is 6.08 Å². The maximum absolute atomic E-state index is 5.68. The van der Waals surface area contributed by atoms with Crippen molar-refractivity contribution in [3.63, 3.8) is 0 Å². The van der Waals surface area contributed by atoms with E-state index in [0.717, 1.165) is 23.1 Å². The molecule has 2 heteroatoms. The Hall–Kier alpha value is -1.12. The van der Waals surface area contributed by atoms with E-state index in [1.165, 1.54) is 18.5 Å². The molecule has 100 valence electrons. The van der Waals surface area contributed by atoms with Gasteiger partial charge in [0.05, 0.1) is 34.3 Å². The number of hydrogen-bond acceptors (Lipinski definition) is 1. The zero-order valence-electron chi connectivity index (χ0n) is 12.0. The second-order valence-corrected chi connectivity index (χ2v) is 5.72. The fourth-order valence-corrected chi connectivity index (χ4v) is 1.73. The number of quaternary nitrogens is 1. The Bertz CT molecular complexity index is 348. The Morgan fingerprint density at radius 2 is 1.78 bits per heavy atom. The fourth-order valence-electron chi connectivity index (χ4n) is 1.73. The van der Waals surface area contributed by atoms with Crippen LogP contribution in [0.3, 0.4) is 0 Å². The van der Waals surface area contributed by atoms with Gasteiger partial charge in [0.25, 0.3) is 0 Å². The smallest absolute Gasteiger partial charge is 0.0781 e. The summed E-state index contributed by atoms with van der Waals surface area (Å²) in [5, 5.41) is 0. The summed E-state index contributed by atoms with van der Waals surface area (Å²) >= 11 is 0. The molecule has 1 aromatic carbocycles. The van der Waals surface area contributed by atoms with Crippen LogP contribution in [0.4, 0.5) is 0 Å². The molecule has 1 rings (SSSR count). The van der Waals surface area contributed by atoms with Crippen molar-refractivity contribution in [2.45, 2.75) is 19.4 Å². The van der Waals surface area contributed by atoms with Crippen molar-refractivity contribution in [2.75, 3.05) is 34.3 Å². The third kappa shape index (κ3) is 6.58. The van der Waals surface area contributed by atoms with E-state index in [9.17, 15) is 0 Å². The van der Waals surface area contributed by atoms with Crippen molar-refractivity contribution in [1.82, 2.24) is 0 Å². The van der Waals surface area contributed by atoms with Crippen LogP contribution in [-0.4, -0.2) is 38.8 Å². The summed E-state index contributed by atoms with van der Waals surface area (Å²) in [6, 6.07) is 8.34. The van der Waals surface area contributed by atoms with Crippen molar-refractivity contribution in [1.29, 1.82) is 0 Å². The van der Waals surface area contributed by atoms with Gasteiger partial charge in [0.2, 0.25) is 0 Å². The second kappa shape index (κ2) is 7.34. The molecular weight excluding hydrogens is 222 g/mol. The summed E-state index contributed by atoms with van der Waals surface area (Å²) in [6.07, 6.45) is 4.22. The molecule has 1 aromatic rings. The molecule has 0 aliphatic carbocycles. The highest BCUT2D eigenvalue weighted by atomic mass is 16.5.